The van der Waals surface area contributed by atoms with Gasteiger partial charge in [0.05, 0.1) is 6.61 Å². The van der Waals surface area contributed by atoms with Crippen LogP contribution in [0.2, 0.25) is 0 Å². The smallest absolute Gasteiger partial charge is 0.205 e. The summed E-state index contributed by atoms with van der Waals surface area (Å²) < 4.78 is 14.4. The molecule has 0 bridgehead atoms. The molecule has 0 aromatic carbocycles. The van der Waals surface area contributed by atoms with Crippen molar-refractivity contribution in [2.75, 3.05) is 58.5 Å². The number of aromatic nitrogens is 2. The summed E-state index contributed by atoms with van der Waals surface area (Å²) in [6.07, 6.45) is 0. The zero-order valence-electron chi connectivity index (χ0n) is 11.0. The van der Waals surface area contributed by atoms with Gasteiger partial charge in [-0.3, -0.25) is 4.90 Å². The van der Waals surface area contributed by atoms with E-state index in [9.17, 15) is 0 Å². The highest BCUT2D eigenvalue weighted by Crippen LogP contribution is 2.19. The molecule has 1 aliphatic rings. The summed E-state index contributed by atoms with van der Waals surface area (Å²) in [5.41, 5.74) is 0. The minimum atomic E-state index is 0.490. The summed E-state index contributed by atoms with van der Waals surface area (Å²) >= 11 is 1.46. The lowest BCUT2D eigenvalue weighted by molar-refractivity contribution is 0.144. The molecular weight excluding hydrogens is 252 g/mol. The SMILES string of the molecule is COCCN1CCN(c2nc(COC)ns2)CC1. The van der Waals surface area contributed by atoms with E-state index in [2.05, 4.69) is 19.2 Å². The highest BCUT2D eigenvalue weighted by atomic mass is 32.1. The van der Waals surface area contributed by atoms with Gasteiger partial charge in [0.1, 0.15) is 6.61 Å². The summed E-state index contributed by atoms with van der Waals surface area (Å²) in [4.78, 5) is 9.18. The zero-order valence-corrected chi connectivity index (χ0v) is 11.8. The van der Waals surface area contributed by atoms with E-state index in [1.165, 1.54) is 11.5 Å². The molecule has 0 spiro atoms. The molecule has 18 heavy (non-hydrogen) atoms. The highest BCUT2D eigenvalue weighted by molar-refractivity contribution is 7.09. The molecule has 0 saturated carbocycles. The molecule has 7 heteroatoms. The largest absolute Gasteiger partial charge is 0.383 e. The van der Waals surface area contributed by atoms with Crippen LogP contribution >= 0.6 is 11.5 Å². The fourth-order valence-electron chi connectivity index (χ4n) is 1.94. The third kappa shape index (κ3) is 3.61. The van der Waals surface area contributed by atoms with Gasteiger partial charge in [-0.25, -0.2) is 4.98 Å². The van der Waals surface area contributed by atoms with E-state index in [4.69, 9.17) is 9.47 Å². The molecule has 102 valence electrons. The van der Waals surface area contributed by atoms with Gasteiger partial charge in [-0.05, 0) is 0 Å². The van der Waals surface area contributed by atoms with Crippen molar-refractivity contribution in [1.82, 2.24) is 14.3 Å². The lowest BCUT2D eigenvalue weighted by Gasteiger charge is -2.34. The summed E-state index contributed by atoms with van der Waals surface area (Å²) in [5.74, 6) is 0.777. The molecule has 0 N–H and O–H groups in total. The van der Waals surface area contributed by atoms with Crippen molar-refractivity contribution in [3.8, 4) is 0 Å². The van der Waals surface area contributed by atoms with Crippen molar-refractivity contribution in [3.63, 3.8) is 0 Å². The van der Waals surface area contributed by atoms with E-state index in [1.807, 2.05) is 0 Å². The van der Waals surface area contributed by atoms with Crippen molar-refractivity contribution >= 4 is 16.7 Å². The van der Waals surface area contributed by atoms with Gasteiger partial charge in [0.15, 0.2) is 5.82 Å². The molecule has 0 unspecified atom stereocenters. The van der Waals surface area contributed by atoms with Crippen LogP contribution in [0.15, 0.2) is 0 Å². The second-order valence-electron chi connectivity index (χ2n) is 4.25. The molecule has 2 rings (SSSR count). The number of piperazine rings is 1. The normalized spacial score (nSPS) is 17.3. The summed E-state index contributed by atoms with van der Waals surface area (Å²) in [5, 5.41) is 1.01. The number of hydrogen-bond acceptors (Lipinski definition) is 7. The Hall–Kier alpha value is -0.760. The maximum atomic E-state index is 5.10. The van der Waals surface area contributed by atoms with Gasteiger partial charge < -0.3 is 14.4 Å². The molecule has 0 atom stereocenters. The van der Waals surface area contributed by atoms with Crippen LogP contribution in [0.3, 0.4) is 0 Å². The van der Waals surface area contributed by atoms with Gasteiger partial charge >= 0.3 is 0 Å². The Morgan fingerprint density at radius 3 is 2.61 bits per heavy atom. The molecule has 2 heterocycles. The van der Waals surface area contributed by atoms with Crippen LogP contribution in [0, 0.1) is 0 Å². The van der Waals surface area contributed by atoms with E-state index in [-0.39, 0.29) is 0 Å². The van der Waals surface area contributed by atoms with Gasteiger partial charge in [-0.15, -0.1) is 0 Å². The topological polar surface area (TPSA) is 50.7 Å². The molecule has 1 aliphatic heterocycles. The first-order valence-corrected chi connectivity index (χ1v) is 6.88. The van der Waals surface area contributed by atoms with E-state index < -0.39 is 0 Å². The summed E-state index contributed by atoms with van der Waals surface area (Å²) in [6, 6.07) is 0. The standard InChI is InChI=1S/C11H20N4O2S/c1-16-8-7-14-3-5-15(6-4-14)11-12-10(9-17-2)13-18-11/h3-9H2,1-2H3. The monoisotopic (exact) mass is 272 g/mol. The molecule has 1 fully saturated rings. The molecule has 0 aliphatic carbocycles. The first-order chi connectivity index (χ1) is 8.83. The third-order valence-corrected chi connectivity index (χ3v) is 3.80. The molecular formula is C11H20N4O2S. The van der Waals surface area contributed by atoms with Crippen LogP contribution in [-0.4, -0.2) is 67.8 Å². The van der Waals surface area contributed by atoms with E-state index in [0.717, 1.165) is 50.3 Å². The van der Waals surface area contributed by atoms with Crippen molar-refractivity contribution < 1.29 is 9.47 Å². The van der Waals surface area contributed by atoms with Crippen molar-refractivity contribution in [2.24, 2.45) is 0 Å². The minimum absolute atomic E-state index is 0.490. The Kier molecular flexibility index (Phi) is 5.30. The second kappa shape index (κ2) is 6.98. The predicted octanol–water partition coefficient (Wildman–Crippen LogP) is 0.453. The number of hydrogen-bond donors (Lipinski definition) is 0. The lowest BCUT2D eigenvalue weighted by atomic mass is 10.3. The predicted molar refractivity (Wildman–Crippen MR) is 71.2 cm³/mol. The molecule has 1 aromatic heterocycles. The van der Waals surface area contributed by atoms with Crippen molar-refractivity contribution in [3.05, 3.63) is 5.82 Å². The first kappa shape index (κ1) is 13.7. The summed E-state index contributed by atoms with van der Waals surface area (Å²) in [7, 11) is 3.41. The van der Waals surface area contributed by atoms with Gasteiger partial charge in [-0.2, -0.15) is 4.37 Å². The molecule has 0 radical (unpaired) electrons. The Morgan fingerprint density at radius 1 is 1.17 bits per heavy atom. The van der Waals surface area contributed by atoms with Crippen LogP contribution < -0.4 is 4.90 Å². The first-order valence-electron chi connectivity index (χ1n) is 6.11. The number of rotatable bonds is 6. The fraction of sp³-hybridized carbons (Fsp3) is 0.818. The Labute approximate surface area is 112 Å². The second-order valence-corrected chi connectivity index (χ2v) is 4.98. The molecule has 0 amide bonds. The maximum Gasteiger partial charge on any atom is 0.205 e. The number of nitrogens with zero attached hydrogens (tertiary/aromatic N) is 4. The minimum Gasteiger partial charge on any atom is -0.383 e. The fourth-order valence-corrected chi connectivity index (χ4v) is 2.67. The number of anilines is 1. The number of ether oxygens (including phenoxy) is 2. The molecule has 6 nitrogen and oxygen atoms in total. The van der Waals surface area contributed by atoms with Gasteiger partial charge in [0.2, 0.25) is 5.13 Å². The maximum absolute atomic E-state index is 5.10. The Bertz CT molecular complexity index is 353. The van der Waals surface area contributed by atoms with Crippen LogP contribution in [0.5, 0.6) is 0 Å². The molecule has 1 saturated heterocycles. The van der Waals surface area contributed by atoms with Crippen molar-refractivity contribution in [1.29, 1.82) is 0 Å². The zero-order chi connectivity index (χ0) is 12.8. The van der Waals surface area contributed by atoms with Crippen LogP contribution in [0.1, 0.15) is 5.82 Å². The van der Waals surface area contributed by atoms with E-state index in [1.54, 1.807) is 14.2 Å². The summed E-state index contributed by atoms with van der Waals surface area (Å²) in [6.45, 7) is 6.43. The van der Waals surface area contributed by atoms with Gasteiger partial charge in [-0.1, -0.05) is 0 Å². The lowest BCUT2D eigenvalue weighted by Crippen LogP contribution is -2.47. The van der Waals surface area contributed by atoms with Crippen LogP contribution in [0.25, 0.3) is 0 Å². The Balaban J connectivity index is 1.81. The third-order valence-electron chi connectivity index (χ3n) is 2.99. The number of methoxy groups -OCH3 is 2. The Morgan fingerprint density at radius 2 is 1.94 bits per heavy atom. The van der Waals surface area contributed by atoms with Crippen molar-refractivity contribution in [2.45, 2.75) is 6.61 Å². The van der Waals surface area contributed by atoms with Crippen LogP contribution in [-0.2, 0) is 16.1 Å². The van der Waals surface area contributed by atoms with E-state index in [0.29, 0.717) is 6.61 Å². The highest BCUT2D eigenvalue weighted by Gasteiger charge is 2.19. The average molecular weight is 272 g/mol. The quantitative estimate of drug-likeness (QED) is 0.749. The van der Waals surface area contributed by atoms with Gasteiger partial charge in [0.25, 0.3) is 0 Å². The molecule has 1 aromatic rings. The van der Waals surface area contributed by atoms with Gasteiger partial charge in [0, 0.05) is 58.5 Å². The van der Waals surface area contributed by atoms with Crippen LogP contribution in [0.4, 0.5) is 5.13 Å². The van der Waals surface area contributed by atoms with E-state index >= 15 is 0 Å². The average Bonchev–Trinajstić information content (AvgIpc) is 2.86.